The molecule has 0 aromatic heterocycles. The summed E-state index contributed by atoms with van der Waals surface area (Å²) >= 11 is 0. The fourth-order valence-electron chi connectivity index (χ4n) is 1.66. The Kier molecular flexibility index (Phi) is 6.73. The van der Waals surface area contributed by atoms with Crippen LogP contribution in [0.5, 0.6) is 5.75 Å². The molecule has 0 aliphatic carbocycles. The average molecular weight is 279 g/mol. The third kappa shape index (κ3) is 5.01. The molecule has 0 spiro atoms. The van der Waals surface area contributed by atoms with E-state index in [0.717, 1.165) is 12.2 Å². The monoisotopic (exact) mass is 279 g/mol. The smallest absolute Gasteiger partial charge is 0.305 e. The topological polar surface area (TPSA) is 78.6 Å². The SMILES string of the molecule is CCCOc1ccc(C(=O)C(N)CCC(=O)OC)cc1. The van der Waals surface area contributed by atoms with Crippen LogP contribution in [0.2, 0.25) is 0 Å². The third-order valence-corrected chi connectivity index (χ3v) is 2.84. The van der Waals surface area contributed by atoms with Gasteiger partial charge < -0.3 is 15.2 Å². The molecule has 1 rings (SSSR count). The first-order valence-corrected chi connectivity index (χ1v) is 6.68. The van der Waals surface area contributed by atoms with Crippen LogP contribution >= 0.6 is 0 Å². The van der Waals surface area contributed by atoms with Crippen LogP contribution in [0.25, 0.3) is 0 Å². The van der Waals surface area contributed by atoms with Crippen molar-refractivity contribution in [2.75, 3.05) is 13.7 Å². The Morgan fingerprint density at radius 2 is 1.90 bits per heavy atom. The maximum absolute atomic E-state index is 12.1. The van der Waals surface area contributed by atoms with Crippen molar-refractivity contribution in [3.8, 4) is 5.75 Å². The number of ketones is 1. The highest BCUT2D eigenvalue weighted by atomic mass is 16.5. The van der Waals surface area contributed by atoms with E-state index in [1.54, 1.807) is 24.3 Å². The molecule has 0 heterocycles. The predicted octanol–water partition coefficient (Wildman–Crippen LogP) is 1.94. The molecule has 0 aliphatic rings. The Bertz CT molecular complexity index is 442. The van der Waals surface area contributed by atoms with Gasteiger partial charge in [0, 0.05) is 12.0 Å². The molecule has 1 aromatic carbocycles. The number of carbonyl (C=O) groups is 2. The minimum absolute atomic E-state index is 0.140. The Balaban J connectivity index is 2.55. The summed E-state index contributed by atoms with van der Waals surface area (Å²) in [5, 5.41) is 0. The number of hydrogen-bond acceptors (Lipinski definition) is 5. The summed E-state index contributed by atoms with van der Waals surface area (Å²) in [7, 11) is 1.31. The molecule has 0 aliphatic heterocycles. The second-order valence-electron chi connectivity index (χ2n) is 4.46. The number of methoxy groups -OCH3 is 1. The maximum atomic E-state index is 12.1. The van der Waals surface area contributed by atoms with Crippen molar-refractivity contribution in [2.24, 2.45) is 5.73 Å². The zero-order chi connectivity index (χ0) is 15.0. The van der Waals surface area contributed by atoms with Crippen LogP contribution in [0.4, 0.5) is 0 Å². The van der Waals surface area contributed by atoms with Crippen LogP contribution in [-0.2, 0) is 9.53 Å². The highest BCUT2D eigenvalue weighted by Gasteiger charge is 2.17. The van der Waals surface area contributed by atoms with E-state index in [9.17, 15) is 9.59 Å². The molecule has 1 aromatic rings. The Morgan fingerprint density at radius 1 is 1.25 bits per heavy atom. The van der Waals surface area contributed by atoms with Gasteiger partial charge in [0.1, 0.15) is 5.75 Å². The van der Waals surface area contributed by atoms with E-state index in [1.165, 1.54) is 7.11 Å². The lowest BCUT2D eigenvalue weighted by Crippen LogP contribution is -2.31. The minimum Gasteiger partial charge on any atom is -0.494 e. The molecule has 2 N–H and O–H groups in total. The van der Waals surface area contributed by atoms with E-state index in [0.29, 0.717) is 12.2 Å². The second-order valence-corrected chi connectivity index (χ2v) is 4.46. The zero-order valence-electron chi connectivity index (χ0n) is 11.9. The van der Waals surface area contributed by atoms with Gasteiger partial charge in [0.15, 0.2) is 5.78 Å². The van der Waals surface area contributed by atoms with Crippen molar-refractivity contribution >= 4 is 11.8 Å². The predicted molar refractivity (Wildman–Crippen MR) is 75.8 cm³/mol. The lowest BCUT2D eigenvalue weighted by Gasteiger charge is -2.10. The molecule has 0 fully saturated rings. The molecular weight excluding hydrogens is 258 g/mol. The number of ether oxygens (including phenoxy) is 2. The van der Waals surface area contributed by atoms with Crippen LogP contribution in [0.3, 0.4) is 0 Å². The molecule has 0 radical (unpaired) electrons. The molecule has 0 bridgehead atoms. The standard InChI is InChI=1S/C15H21NO4/c1-3-10-20-12-6-4-11(5-7-12)15(18)13(16)8-9-14(17)19-2/h4-7,13H,3,8-10,16H2,1-2H3. The molecule has 0 amide bonds. The normalized spacial score (nSPS) is 11.8. The maximum Gasteiger partial charge on any atom is 0.305 e. The van der Waals surface area contributed by atoms with Crippen LogP contribution < -0.4 is 10.5 Å². The lowest BCUT2D eigenvalue weighted by molar-refractivity contribution is -0.140. The molecule has 20 heavy (non-hydrogen) atoms. The summed E-state index contributed by atoms with van der Waals surface area (Å²) in [6, 6.07) is 6.17. The summed E-state index contributed by atoms with van der Waals surface area (Å²) in [6.07, 6.45) is 1.35. The van der Waals surface area contributed by atoms with E-state index in [4.69, 9.17) is 10.5 Å². The Morgan fingerprint density at radius 3 is 2.45 bits per heavy atom. The fraction of sp³-hybridized carbons (Fsp3) is 0.467. The third-order valence-electron chi connectivity index (χ3n) is 2.84. The van der Waals surface area contributed by atoms with Crippen LogP contribution in [-0.4, -0.2) is 31.5 Å². The van der Waals surface area contributed by atoms with Gasteiger partial charge in [0.05, 0.1) is 19.8 Å². The largest absolute Gasteiger partial charge is 0.494 e. The van der Waals surface area contributed by atoms with Gasteiger partial charge in [-0.25, -0.2) is 0 Å². The average Bonchev–Trinajstić information content (AvgIpc) is 2.49. The second kappa shape index (κ2) is 8.32. The van der Waals surface area contributed by atoms with Gasteiger partial charge in [0.25, 0.3) is 0 Å². The summed E-state index contributed by atoms with van der Waals surface area (Å²) in [6.45, 7) is 2.67. The number of esters is 1. The first-order chi connectivity index (χ1) is 9.58. The van der Waals surface area contributed by atoms with E-state index in [1.807, 2.05) is 6.92 Å². The van der Waals surface area contributed by atoms with Crippen molar-refractivity contribution in [1.82, 2.24) is 0 Å². The van der Waals surface area contributed by atoms with Gasteiger partial charge in [-0.3, -0.25) is 9.59 Å². The highest BCUT2D eigenvalue weighted by molar-refractivity contribution is 6.00. The van der Waals surface area contributed by atoms with Crippen LogP contribution in [0.15, 0.2) is 24.3 Å². The molecule has 1 atom stereocenters. The van der Waals surface area contributed by atoms with Crippen molar-refractivity contribution in [1.29, 1.82) is 0 Å². The molecule has 1 unspecified atom stereocenters. The Hall–Kier alpha value is -1.88. The van der Waals surface area contributed by atoms with Gasteiger partial charge >= 0.3 is 5.97 Å². The van der Waals surface area contributed by atoms with Crippen molar-refractivity contribution in [2.45, 2.75) is 32.2 Å². The number of carbonyl (C=O) groups excluding carboxylic acids is 2. The number of benzene rings is 1. The summed E-state index contributed by atoms with van der Waals surface area (Å²) in [4.78, 5) is 23.1. The van der Waals surface area contributed by atoms with Crippen molar-refractivity contribution in [3.63, 3.8) is 0 Å². The van der Waals surface area contributed by atoms with Crippen LogP contribution in [0, 0.1) is 0 Å². The number of rotatable bonds is 8. The number of hydrogen-bond donors (Lipinski definition) is 1. The zero-order valence-corrected chi connectivity index (χ0v) is 11.9. The quantitative estimate of drug-likeness (QED) is 0.581. The molecule has 0 saturated carbocycles. The van der Waals surface area contributed by atoms with Crippen LogP contribution in [0.1, 0.15) is 36.5 Å². The van der Waals surface area contributed by atoms with E-state index < -0.39 is 6.04 Å². The van der Waals surface area contributed by atoms with E-state index in [2.05, 4.69) is 4.74 Å². The molecule has 5 heteroatoms. The first-order valence-electron chi connectivity index (χ1n) is 6.68. The minimum atomic E-state index is -0.698. The lowest BCUT2D eigenvalue weighted by atomic mass is 10.0. The highest BCUT2D eigenvalue weighted by Crippen LogP contribution is 2.14. The number of Topliss-reactive ketones (excluding diaryl/α,β-unsaturated/α-hetero) is 1. The Labute approximate surface area is 119 Å². The first kappa shape index (κ1) is 16.2. The molecule has 0 saturated heterocycles. The summed E-state index contributed by atoms with van der Waals surface area (Å²) in [5.74, 6) is 0.180. The molecular formula is C15H21NO4. The van der Waals surface area contributed by atoms with E-state index in [-0.39, 0.29) is 24.6 Å². The van der Waals surface area contributed by atoms with Gasteiger partial charge in [-0.1, -0.05) is 6.92 Å². The molecule has 5 nitrogen and oxygen atoms in total. The van der Waals surface area contributed by atoms with E-state index >= 15 is 0 Å². The van der Waals surface area contributed by atoms with Gasteiger partial charge in [0.2, 0.25) is 0 Å². The van der Waals surface area contributed by atoms with Crippen molar-refractivity contribution in [3.05, 3.63) is 29.8 Å². The number of nitrogens with two attached hydrogens (primary N) is 1. The van der Waals surface area contributed by atoms with Gasteiger partial charge in [-0.2, -0.15) is 0 Å². The molecule has 110 valence electrons. The van der Waals surface area contributed by atoms with Crippen molar-refractivity contribution < 1.29 is 19.1 Å². The summed E-state index contributed by atoms with van der Waals surface area (Å²) < 4.78 is 9.96. The van der Waals surface area contributed by atoms with Gasteiger partial charge in [-0.05, 0) is 37.1 Å². The fourth-order valence-corrected chi connectivity index (χ4v) is 1.66. The van der Waals surface area contributed by atoms with Gasteiger partial charge in [-0.15, -0.1) is 0 Å². The summed E-state index contributed by atoms with van der Waals surface area (Å²) in [5.41, 5.74) is 6.30.